The Hall–Kier alpha value is -3.92. The molecule has 1 aliphatic carbocycles. The first-order chi connectivity index (χ1) is 21.6. The number of hydrogen-bond donors (Lipinski definition) is 2. The van der Waals surface area contributed by atoms with Crippen molar-refractivity contribution in [1.82, 2.24) is 25.4 Å². The lowest BCUT2D eigenvalue weighted by atomic mass is 9.69. The van der Waals surface area contributed by atoms with Crippen molar-refractivity contribution in [2.24, 2.45) is 11.8 Å². The van der Waals surface area contributed by atoms with Crippen molar-refractivity contribution in [3.63, 3.8) is 0 Å². The summed E-state index contributed by atoms with van der Waals surface area (Å²) in [4.78, 5) is 21.5. The van der Waals surface area contributed by atoms with Crippen LogP contribution in [0.3, 0.4) is 0 Å². The van der Waals surface area contributed by atoms with E-state index in [1.807, 2.05) is 32.9 Å². The van der Waals surface area contributed by atoms with Crippen LogP contribution in [0.25, 0.3) is 0 Å². The molecule has 4 unspecified atom stereocenters. The van der Waals surface area contributed by atoms with E-state index in [0.717, 1.165) is 43.8 Å². The van der Waals surface area contributed by atoms with Gasteiger partial charge in [-0.1, -0.05) is 42.5 Å². The Morgan fingerprint density at radius 1 is 1.00 bits per heavy atom. The SMILES string of the molecule is COc1ccc(CNC(C)C2CC(c3nnc(N)c(N4CCN(C(=O)OC(C)(C)C)CC4)n3)CCC2Cc2ccccc2)cc1. The van der Waals surface area contributed by atoms with Crippen LogP contribution in [0.1, 0.15) is 69.8 Å². The number of nitrogens with one attached hydrogen (secondary N) is 1. The van der Waals surface area contributed by atoms with Crippen molar-refractivity contribution in [3.8, 4) is 5.75 Å². The summed E-state index contributed by atoms with van der Waals surface area (Å²) in [6.07, 6.45) is 3.85. The van der Waals surface area contributed by atoms with Crippen molar-refractivity contribution in [2.45, 2.75) is 77.5 Å². The fraction of sp³-hybridized carbons (Fsp3) is 0.543. The fourth-order valence-electron chi connectivity index (χ4n) is 6.63. The average Bonchev–Trinajstić information content (AvgIpc) is 3.04. The van der Waals surface area contributed by atoms with Crippen LogP contribution in [0.5, 0.6) is 5.75 Å². The molecule has 45 heavy (non-hydrogen) atoms. The normalized spacial score (nSPS) is 21.3. The summed E-state index contributed by atoms with van der Waals surface area (Å²) in [5, 5.41) is 12.7. The molecule has 2 aromatic carbocycles. The second kappa shape index (κ2) is 14.5. The maximum atomic E-state index is 12.6. The average molecular weight is 616 g/mol. The molecular formula is C35H49N7O3. The van der Waals surface area contributed by atoms with Gasteiger partial charge in [-0.2, -0.15) is 0 Å². The number of rotatable bonds is 9. The van der Waals surface area contributed by atoms with Gasteiger partial charge >= 0.3 is 6.09 Å². The number of piperazine rings is 1. The van der Waals surface area contributed by atoms with Crippen LogP contribution >= 0.6 is 0 Å². The molecule has 10 nitrogen and oxygen atoms in total. The molecule has 3 N–H and O–H groups in total. The van der Waals surface area contributed by atoms with Gasteiger partial charge in [-0.25, -0.2) is 9.78 Å². The standard InChI is InChI=1S/C35H49N7O3/c1-24(37-23-26-11-15-29(44-5)16-12-26)30-22-28(14-13-27(30)21-25-9-7-6-8-10-25)32-38-33(31(36)39-40-32)41-17-19-42(20-18-41)34(43)45-35(2,3)4/h6-12,15-16,24,27-28,30,37H,13-14,17-23H2,1-5H3,(H2,36,39). The minimum atomic E-state index is -0.523. The number of carbonyl (C=O) groups is 1. The van der Waals surface area contributed by atoms with Crippen molar-refractivity contribution >= 4 is 17.7 Å². The van der Waals surface area contributed by atoms with Crippen molar-refractivity contribution in [1.29, 1.82) is 0 Å². The first-order valence-corrected chi connectivity index (χ1v) is 16.2. The monoisotopic (exact) mass is 615 g/mol. The van der Waals surface area contributed by atoms with E-state index in [2.05, 4.69) is 69.8 Å². The summed E-state index contributed by atoms with van der Waals surface area (Å²) < 4.78 is 10.9. The van der Waals surface area contributed by atoms with Crippen LogP contribution in [0.4, 0.5) is 16.4 Å². The molecule has 1 saturated heterocycles. The number of anilines is 2. The Kier molecular flexibility index (Phi) is 10.4. The highest BCUT2D eigenvalue weighted by atomic mass is 16.6. The minimum Gasteiger partial charge on any atom is -0.497 e. The van der Waals surface area contributed by atoms with Crippen molar-refractivity contribution in [2.75, 3.05) is 43.9 Å². The Bertz CT molecular complexity index is 1390. The molecule has 242 valence electrons. The topological polar surface area (TPSA) is 119 Å². The zero-order chi connectivity index (χ0) is 32.0. The summed E-state index contributed by atoms with van der Waals surface area (Å²) in [6, 6.07) is 19.4. The van der Waals surface area contributed by atoms with E-state index in [9.17, 15) is 4.79 Å². The van der Waals surface area contributed by atoms with Gasteiger partial charge in [0, 0.05) is 44.7 Å². The summed E-state index contributed by atoms with van der Waals surface area (Å²) in [6.45, 7) is 11.1. The molecule has 0 radical (unpaired) electrons. The van der Waals surface area contributed by atoms with Crippen LogP contribution in [0.15, 0.2) is 54.6 Å². The number of aromatic nitrogens is 3. The van der Waals surface area contributed by atoms with E-state index in [1.54, 1.807) is 12.0 Å². The van der Waals surface area contributed by atoms with Gasteiger partial charge in [0.15, 0.2) is 17.5 Å². The number of amides is 1. The van der Waals surface area contributed by atoms with E-state index in [1.165, 1.54) is 11.1 Å². The molecule has 1 amide bonds. The van der Waals surface area contributed by atoms with E-state index in [0.29, 0.717) is 55.7 Å². The second-order valence-corrected chi connectivity index (χ2v) is 13.5. The quantitative estimate of drug-likeness (QED) is 0.324. The van der Waals surface area contributed by atoms with Gasteiger partial charge in [0.05, 0.1) is 7.11 Å². The molecule has 3 aromatic rings. The van der Waals surface area contributed by atoms with Gasteiger partial charge in [0.1, 0.15) is 11.4 Å². The van der Waals surface area contributed by atoms with Crippen molar-refractivity contribution in [3.05, 3.63) is 71.5 Å². The van der Waals surface area contributed by atoms with Crippen LogP contribution < -0.4 is 20.7 Å². The number of nitrogens with zero attached hydrogens (tertiary/aromatic N) is 5. The molecule has 0 spiro atoms. The molecular weight excluding hydrogens is 566 g/mol. The Morgan fingerprint density at radius 3 is 2.38 bits per heavy atom. The molecule has 2 fully saturated rings. The number of methoxy groups -OCH3 is 1. The summed E-state index contributed by atoms with van der Waals surface area (Å²) in [7, 11) is 1.69. The first-order valence-electron chi connectivity index (χ1n) is 16.2. The van der Waals surface area contributed by atoms with Crippen molar-refractivity contribution < 1.29 is 14.3 Å². The highest BCUT2D eigenvalue weighted by Crippen LogP contribution is 2.42. The van der Waals surface area contributed by atoms with Crippen LogP contribution in [0, 0.1) is 11.8 Å². The summed E-state index contributed by atoms with van der Waals surface area (Å²) >= 11 is 0. The lowest BCUT2D eigenvalue weighted by molar-refractivity contribution is 0.0240. The molecule has 1 aromatic heterocycles. The number of benzene rings is 2. The van der Waals surface area contributed by atoms with E-state index < -0.39 is 5.60 Å². The third-order valence-electron chi connectivity index (χ3n) is 9.12. The predicted molar refractivity (Wildman–Crippen MR) is 177 cm³/mol. The smallest absolute Gasteiger partial charge is 0.410 e. The Balaban J connectivity index is 1.28. The molecule has 10 heteroatoms. The molecule has 2 heterocycles. The summed E-state index contributed by atoms with van der Waals surface area (Å²) in [5.74, 6) is 3.80. The van der Waals surface area contributed by atoms with Gasteiger partial charge in [0.25, 0.3) is 0 Å². The van der Waals surface area contributed by atoms with Gasteiger partial charge < -0.3 is 30.3 Å². The lowest BCUT2D eigenvalue weighted by Crippen LogP contribution is -2.50. The highest BCUT2D eigenvalue weighted by molar-refractivity contribution is 5.69. The summed E-state index contributed by atoms with van der Waals surface area (Å²) in [5.41, 5.74) is 8.41. The maximum absolute atomic E-state index is 12.6. The Morgan fingerprint density at radius 2 is 1.71 bits per heavy atom. The van der Waals surface area contributed by atoms with Gasteiger partial charge in [0.2, 0.25) is 0 Å². The molecule has 0 bridgehead atoms. The number of nitrogens with two attached hydrogens (primary N) is 1. The number of nitrogen functional groups attached to an aromatic ring is 1. The van der Waals surface area contributed by atoms with Crippen LogP contribution in [-0.2, 0) is 17.7 Å². The minimum absolute atomic E-state index is 0.196. The van der Waals surface area contributed by atoms with Crippen LogP contribution in [-0.4, -0.2) is 71.1 Å². The largest absolute Gasteiger partial charge is 0.497 e. The van der Waals surface area contributed by atoms with Gasteiger partial charge in [-0.3, -0.25) is 0 Å². The molecule has 5 rings (SSSR count). The van der Waals surface area contributed by atoms with Crippen LogP contribution in [0.2, 0.25) is 0 Å². The van der Waals surface area contributed by atoms with Gasteiger partial charge in [-0.05, 0) is 88.5 Å². The second-order valence-electron chi connectivity index (χ2n) is 13.5. The fourth-order valence-corrected chi connectivity index (χ4v) is 6.63. The Labute approximate surface area is 267 Å². The van der Waals surface area contributed by atoms with E-state index >= 15 is 0 Å². The first kappa shape index (κ1) is 32.5. The molecule has 1 aliphatic heterocycles. The molecule has 4 atom stereocenters. The lowest BCUT2D eigenvalue weighted by Gasteiger charge is -2.40. The maximum Gasteiger partial charge on any atom is 0.410 e. The number of hydrogen-bond acceptors (Lipinski definition) is 9. The third kappa shape index (κ3) is 8.63. The molecule has 2 aliphatic rings. The molecule has 1 saturated carbocycles. The predicted octanol–water partition coefficient (Wildman–Crippen LogP) is 5.44. The van der Waals surface area contributed by atoms with Gasteiger partial charge in [-0.15, -0.1) is 10.2 Å². The highest BCUT2D eigenvalue weighted by Gasteiger charge is 2.36. The third-order valence-corrected chi connectivity index (χ3v) is 9.12. The van der Waals surface area contributed by atoms with E-state index in [4.69, 9.17) is 20.2 Å². The van der Waals surface area contributed by atoms with E-state index in [-0.39, 0.29) is 12.0 Å². The number of carbonyl (C=O) groups excluding carboxylic acids is 1. The zero-order valence-electron chi connectivity index (χ0n) is 27.4. The zero-order valence-corrected chi connectivity index (χ0v) is 27.4. The number of ether oxygens (including phenoxy) is 2.